The summed E-state index contributed by atoms with van der Waals surface area (Å²) in [4.78, 5) is 26.6. The fourth-order valence-corrected chi connectivity index (χ4v) is 1.44. The lowest BCUT2D eigenvalue weighted by Crippen LogP contribution is -2.28. The van der Waals surface area contributed by atoms with Gasteiger partial charge in [0.2, 0.25) is 0 Å². The Morgan fingerprint density at radius 3 is 2.72 bits per heavy atom. The lowest BCUT2D eigenvalue weighted by molar-refractivity contribution is -0.140. The van der Waals surface area contributed by atoms with Gasteiger partial charge >= 0.3 is 5.97 Å². The van der Waals surface area contributed by atoms with Crippen LogP contribution in [0.2, 0.25) is 0 Å². The smallest absolute Gasteiger partial charge is 0.308 e. The third-order valence-electron chi connectivity index (χ3n) is 2.47. The van der Waals surface area contributed by atoms with Gasteiger partial charge < -0.3 is 15.0 Å². The Balaban J connectivity index is 2.78. The molecule has 1 heterocycles. The van der Waals surface area contributed by atoms with Crippen LogP contribution in [-0.2, 0) is 11.3 Å². The minimum absolute atomic E-state index is 0.184. The summed E-state index contributed by atoms with van der Waals surface area (Å²) in [5, 5.41) is 11.5. The maximum Gasteiger partial charge on any atom is 0.308 e. The zero-order valence-corrected chi connectivity index (χ0v) is 10.9. The normalized spacial score (nSPS) is 12.4. The van der Waals surface area contributed by atoms with E-state index in [-0.39, 0.29) is 17.9 Å². The first-order chi connectivity index (χ1) is 8.41. The quantitative estimate of drug-likeness (QED) is 0.791. The van der Waals surface area contributed by atoms with Crippen molar-refractivity contribution in [3.63, 3.8) is 0 Å². The van der Waals surface area contributed by atoms with Gasteiger partial charge in [-0.05, 0) is 5.92 Å². The second kappa shape index (κ2) is 6.18. The predicted octanol–water partition coefficient (Wildman–Crippen LogP) is 1.03. The minimum Gasteiger partial charge on any atom is -0.481 e. The van der Waals surface area contributed by atoms with Gasteiger partial charge in [0.05, 0.1) is 5.92 Å². The van der Waals surface area contributed by atoms with E-state index in [9.17, 15) is 9.59 Å². The number of hydrogen-bond donors (Lipinski definition) is 2. The molecule has 0 aliphatic carbocycles. The topological polar surface area (TPSA) is 84.2 Å². The number of carbonyl (C=O) groups is 1. The molecule has 0 radical (unpaired) electrons. The number of nitrogens with one attached hydrogen (secondary N) is 1. The fourth-order valence-electron chi connectivity index (χ4n) is 1.44. The van der Waals surface area contributed by atoms with Crippen LogP contribution >= 0.6 is 0 Å². The molecular weight excluding hydrogens is 234 g/mol. The van der Waals surface area contributed by atoms with Gasteiger partial charge in [-0.2, -0.15) is 0 Å². The second-order valence-corrected chi connectivity index (χ2v) is 4.75. The van der Waals surface area contributed by atoms with E-state index in [0.29, 0.717) is 12.5 Å². The maximum absolute atomic E-state index is 12.0. The molecule has 1 unspecified atom stereocenters. The van der Waals surface area contributed by atoms with Gasteiger partial charge in [-0.15, -0.1) is 0 Å². The SMILES string of the molecule is CC(C)Cn1ccnc(NCC(C)C(=O)O)c1=O. The molecule has 0 saturated carbocycles. The van der Waals surface area contributed by atoms with E-state index in [1.807, 2.05) is 13.8 Å². The molecular formula is C12H19N3O3. The Hall–Kier alpha value is -1.85. The van der Waals surface area contributed by atoms with Crippen molar-refractivity contribution < 1.29 is 9.90 Å². The lowest BCUT2D eigenvalue weighted by Gasteiger charge is -2.12. The molecule has 6 nitrogen and oxygen atoms in total. The fraction of sp³-hybridized carbons (Fsp3) is 0.583. The molecule has 1 rings (SSSR count). The molecule has 1 aromatic rings. The maximum atomic E-state index is 12.0. The summed E-state index contributed by atoms with van der Waals surface area (Å²) in [5.74, 6) is -0.909. The van der Waals surface area contributed by atoms with Crippen molar-refractivity contribution in [2.75, 3.05) is 11.9 Å². The van der Waals surface area contributed by atoms with E-state index >= 15 is 0 Å². The first kappa shape index (κ1) is 14.2. The van der Waals surface area contributed by atoms with E-state index in [4.69, 9.17) is 5.11 Å². The van der Waals surface area contributed by atoms with Crippen molar-refractivity contribution in [3.05, 3.63) is 22.7 Å². The van der Waals surface area contributed by atoms with Gasteiger partial charge in [0.15, 0.2) is 5.82 Å². The first-order valence-corrected chi connectivity index (χ1v) is 5.94. The number of carboxylic acids is 1. The molecule has 1 atom stereocenters. The summed E-state index contributed by atoms with van der Waals surface area (Å²) in [7, 11) is 0. The third-order valence-corrected chi connectivity index (χ3v) is 2.47. The molecule has 0 fully saturated rings. The summed E-state index contributed by atoms with van der Waals surface area (Å²) in [5.41, 5.74) is -0.219. The Morgan fingerprint density at radius 1 is 1.50 bits per heavy atom. The van der Waals surface area contributed by atoms with Crippen molar-refractivity contribution in [1.82, 2.24) is 9.55 Å². The van der Waals surface area contributed by atoms with E-state index in [0.717, 1.165) is 0 Å². The molecule has 18 heavy (non-hydrogen) atoms. The molecule has 0 aliphatic rings. The zero-order chi connectivity index (χ0) is 13.7. The average molecular weight is 253 g/mol. The van der Waals surface area contributed by atoms with Crippen LogP contribution in [0.1, 0.15) is 20.8 Å². The Kier molecular flexibility index (Phi) is 4.88. The van der Waals surface area contributed by atoms with Crippen LogP contribution in [0.15, 0.2) is 17.2 Å². The van der Waals surface area contributed by atoms with Gasteiger partial charge in [0, 0.05) is 25.5 Å². The van der Waals surface area contributed by atoms with Crippen molar-refractivity contribution in [3.8, 4) is 0 Å². The van der Waals surface area contributed by atoms with Gasteiger partial charge in [-0.3, -0.25) is 9.59 Å². The summed E-state index contributed by atoms with van der Waals surface area (Å²) in [6, 6.07) is 0. The number of hydrogen-bond acceptors (Lipinski definition) is 4. The van der Waals surface area contributed by atoms with E-state index in [2.05, 4.69) is 10.3 Å². The molecule has 0 aromatic carbocycles. The Labute approximate surface area is 106 Å². The monoisotopic (exact) mass is 253 g/mol. The van der Waals surface area contributed by atoms with Gasteiger partial charge in [0.25, 0.3) is 5.56 Å². The van der Waals surface area contributed by atoms with E-state index in [1.54, 1.807) is 17.7 Å². The van der Waals surface area contributed by atoms with Crippen molar-refractivity contribution in [2.24, 2.45) is 11.8 Å². The van der Waals surface area contributed by atoms with E-state index in [1.165, 1.54) is 6.20 Å². The molecule has 0 aliphatic heterocycles. The van der Waals surface area contributed by atoms with Crippen molar-refractivity contribution >= 4 is 11.8 Å². The molecule has 2 N–H and O–H groups in total. The Morgan fingerprint density at radius 2 is 2.17 bits per heavy atom. The molecule has 6 heteroatoms. The summed E-state index contributed by atoms with van der Waals surface area (Å²) >= 11 is 0. The number of rotatable bonds is 6. The van der Waals surface area contributed by atoms with Crippen LogP contribution in [0.5, 0.6) is 0 Å². The number of carboxylic acid groups (broad SMARTS) is 1. The average Bonchev–Trinajstić information content (AvgIpc) is 2.29. The highest BCUT2D eigenvalue weighted by Crippen LogP contribution is 2.00. The highest BCUT2D eigenvalue weighted by Gasteiger charge is 2.12. The van der Waals surface area contributed by atoms with Crippen LogP contribution in [0, 0.1) is 11.8 Å². The number of aromatic nitrogens is 2. The van der Waals surface area contributed by atoms with Gasteiger partial charge in [-0.25, -0.2) is 4.98 Å². The molecule has 1 aromatic heterocycles. The number of nitrogens with zero attached hydrogens (tertiary/aromatic N) is 2. The molecule has 0 bridgehead atoms. The number of aliphatic carboxylic acids is 1. The summed E-state index contributed by atoms with van der Waals surface area (Å²) < 4.78 is 1.57. The van der Waals surface area contributed by atoms with Crippen LogP contribution < -0.4 is 10.9 Å². The van der Waals surface area contributed by atoms with Crippen molar-refractivity contribution in [2.45, 2.75) is 27.3 Å². The molecule has 0 spiro atoms. The van der Waals surface area contributed by atoms with Crippen molar-refractivity contribution in [1.29, 1.82) is 0 Å². The number of anilines is 1. The second-order valence-electron chi connectivity index (χ2n) is 4.75. The van der Waals surface area contributed by atoms with Crippen LogP contribution in [-0.4, -0.2) is 27.2 Å². The van der Waals surface area contributed by atoms with Crippen LogP contribution in [0.3, 0.4) is 0 Å². The highest BCUT2D eigenvalue weighted by molar-refractivity contribution is 5.70. The van der Waals surface area contributed by atoms with E-state index < -0.39 is 11.9 Å². The molecule has 100 valence electrons. The molecule has 0 amide bonds. The van der Waals surface area contributed by atoms with Gasteiger partial charge in [-0.1, -0.05) is 20.8 Å². The standard InChI is InChI=1S/C12H19N3O3/c1-8(2)7-15-5-4-13-10(11(15)16)14-6-9(3)12(17)18/h4-5,8-9H,6-7H2,1-3H3,(H,13,14)(H,17,18). The predicted molar refractivity (Wildman–Crippen MR) is 68.6 cm³/mol. The zero-order valence-electron chi connectivity index (χ0n) is 10.9. The first-order valence-electron chi connectivity index (χ1n) is 5.94. The highest BCUT2D eigenvalue weighted by atomic mass is 16.4. The largest absolute Gasteiger partial charge is 0.481 e. The van der Waals surface area contributed by atoms with Crippen LogP contribution in [0.4, 0.5) is 5.82 Å². The van der Waals surface area contributed by atoms with Gasteiger partial charge in [0.1, 0.15) is 0 Å². The molecule has 0 saturated heterocycles. The third kappa shape index (κ3) is 3.87. The summed E-state index contributed by atoms with van der Waals surface area (Å²) in [6.07, 6.45) is 3.17. The minimum atomic E-state index is -0.902. The summed E-state index contributed by atoms with van der Waals surface area (Å²) in [6.45, 7) is 6.41. The van der Waals surface area contributed by atoms with Crippen LogP contribution in [0.25, 0.3) is 0 Å². The lowest BCUT2D eigenvalue weighted by atomic mass is 10.2. The Bertz CT molecular complexity index is 468.